The fourth-order valence-corrected chi connectivity index (χ4v) is 4.17. The largest absolute Gasteiger partial charge is 0.381 e. The number of amides is 1. The van der Waals surface area contributed by atoms with Gasteiger partial charge in [0.25, 0.3) is 0 Å². The minimum absolute atomic E-state index is 0.207. The van der Waals surface area contributed by atoms with Crippen molar-refractivity contribution >= 4 is 22.5 Å². The van der Waals surface area contributed by atoms with Gasteiger partial charge in [0, 0.05) is 48.8 Å². The monoisotopic (exact) mass is 380 g/mol. The van der Waals surface area contributed by atoms with Crippen LogP contribution in [0.4, 0.5) is 0 Å². The van der Waals surface area contributed by atoms with E-state index in [1.807, 2.05) is 41.5 Å². The van der Waals surface area contributed by atoms with Gasteiger partial charge in [0.05, 0.1) is 12.1 Å². The molecule has 28 heavy (non-hydrogen) atoms. The number of hydrogen-bond donors (Lipinski definition) is 0. The van der Waals surface area contributed by atoms with E-state index in [9.17, 15) is 4.79 Å². The van der Waals surface area contributed by atoms with Crippen LogP contribution in [-0.2, 0) is 16.0 Å². The molecule has 6 nitrogen and oxygen atoms in total. The van der Waals surface area contributed by atoms with Crippen LogP contribution in [0.1, 0.15) is 36.7 Å². The first-order chi connectivity index (χ1) is 13.6. The highest BCUT2D eigenvalue weighted by Gasteiger charge is 2.22. The summed E-state index contributed by atoms with van der Waals surface area (Å²) in [5.41, 5.74) is 5.00. The fraction of sp³-hybridized carbons (Fsp3) is 0.500. The van der Waals surface area contributed by atoms with Crippen molar-refractivity contribution in [2.24, 2.45) is 5.92 Å². The first-order valence-corrected chi connectivity index (χ1v) is 10.2. The molecule has 1 saturated heterocycles. The lowest BCUT2D eigenvalue weighted by Gasteiger charge is -2.24. The topological polar surface area (TPSA) is 59.7 Å². The van der Waals surface area contributed by atoms with E-state index in [2.05, 4.69) is 13.0 Å². The molecular weight excluding hydrogens is 352 g/mol. The number of aryl methyl sites for hydroxylation is 2. The number of ether oxygens (including phenoxy) is 1. The first-order valence-electron chi connectivity index (χ1n) is 10.2. The van der Waals surface area contributed by atoms with Crippen molar-refractivity contribution < 1.29 is 9.53 Å². The predicted octanol–water partition coefficient (Wildman–Crippen LogP) is 3.32. The Hall–Kier alpha value is -2.47. The quantitative estimate of drug-likeness (QED) is 0.658. The summed E-state index contributed by atoms with van der Waals surface area (Å²) >= 11 is 0. The molecule has 2 aromatic heterocycles. The zero-order valence-electron chi connectivity index (χ0n) is 16.9. The maximum atomic E-state index is 12.8. The summed E-state index contributed by atoms with van der Waals surface area (Å²) in [5, 5.41) is 5.77. The van der Waals surface area contributed by atoms with Gasteiger partial charge in [-0.1, -0.05) is 12.1 Å². The normalized spacial score (nSPS) is 16.9. The number of carbonyl (C=O) groups excluding carboxylic acids is 1. The fourth-order valence-electron chi connectivity index (χ4n) is 4.17. The van der Waals surface area contributed by atoms with Gasteiger partial charge in [-0.3, -0.25) is 4.79 Å². The Bertz CT molecular complexity index is 1000. The molecule has 1 aliphatic heterocycles. The number of fused-ring (bicyclic) bond motifs is 3. The van der Waals surface area contributed by atoms with Crippen LogP contribution in [0.5, 0.6) is 0 Å². The van der Waals surface area contributed by atoms with Crippen LogP contribution in [-0.4, -0.2) is 51.7 Å². The lowest BCUT2D eigenvalue weighted by molar-refractivity contribution is -0.131. The average Bonchev–Trinajstić information content (AvgIpc) is 3.33. The lowest BCUT2D eigenvalue weighted by Crippen LogP contribution is -2.35. The highest BCUT2D eigenvalue weighted by molar-refractivity contribution is 5.92. The van der Waals surface area contributed by atoms with Crippen LogP contribution in [0.3, 0.4) is 0 Å². The molecule has 6 heteroatoms. The number of hydrogen-bond acceptors (Lipinski definition) is 4. The van der Waals surface area contributed by atoms with E-state index < -0.39 is 0 Å². The molecule has 1 aliphatic rings. The van der Waals surface area contributed by atoms with E-state index in [0.29, 0.717) is 18.8 Å². The van der Waals surface area contributed by atoms with Crippen molar-refractivity contribution in [3.63, 3.8) is 0 Å². The van der Waals surface area contributed by atoms with Crippen molar-refractivity contribution in [2.75, 3.05) is 26.3 Å². The number of rotatable bonds is 6. The lowest BCUT2D eigenvalue weighted by atomic mass is 10.0. The van der Waals surface area contributed by atoms with Crippen LogP contribution >= 0.6 is 0 Å². The van der Waals surface area contributed by atoms with Crippen molar-refractivity contribution in [2.45, 2.75) is 40.0 Å². The summed E-state index contributed by atoms with van der Waals surface area (Å²) in [5.74, 6) is 0.681. The van der Waals surface area contributed by atoms with Crippen LogP contribution in [0.25, 0.3) is 16.6 Å². The van der Waals surface area contributed by atoms with Gasteiger partial charge in [-0.05, 0) is 51.3 Å². The van der Waals surface area contributed by atoms with Gasteiger partial charge in [0.2, 0.25) is 5.91 Å². The molecule has 0 N–H and O–H groups in total. The Morgan fingerprint density at radius 1 is 1.32 bits per heavy atom. The van der Waals surface area contributed by atoms with Gasteiger partial charge in [-0.15, -0.1) is 0 Å². The SMILES string of the molecule is CCN(CC1CCOC1)C(=O)CCc1c(C)nc2c3ccccc3nn2c1C. The minimum Gasteiger partial charge on any atom is -0.381 e. The second kappa shape index (κ2) is 7.87. The van der Waals surface area contributed by atoms with Crippen LogP contribution < -0.4 is 0 Å². The molecule has 1 fully saturated rings. The van der Waals surface area contributed by atoms with Gasteiger partial charge in [0.1, 0.15) is 0 Å². The number of carbonyl (C=O) groups is 1. The Kier molecular flexibility index (Phi) is 5.31. The highest BCUT2D eigenvalue weighted by atomic mass is 16.5. The third-order valence-electron chi connectivity index (χ3n) is 5.84. The third kappa shape index (κ3) is 3.49. The summed E-state index contributed by atoms with van der Waals surface area (Å²) in [6.07, 6.45) is 2.24. The van der Waals surface area contributed by atoms with Crippen molar-refractivity contribution in [3.05, 3.63) is 41.2 Å². The van der Waals surface area contributed by atoms with E-state index in [1.54, 1.807) is 0 Å². The summed E-state index contributed by atoms with van der Waals surface area (Å²) in [7, 11) is 0. The van der Waals surface area contributed by atoms with Gasteiger partial charge in [-0.25, -0.2) is 9.50 Å². The second-order valence-electron chi connectivity index (χ2n) is 7.68. The van der Waals surface area contributed by atoms with Crippen molar-refractivity contribution in [1.82, 2.24) is 19.5 Å². The molecule has 0 radical (unpaired) electrons. The third-order valence-corrected chi connectivity index (χ3v) is 5.84. The smallest absolute Gasteiger partial charge is 0.222 e. The van der Waals surface area contributed by atoms with Gasteiger partial charge in [0.15, 0.2) is 5.65 Å². The van der Waals surface area contributed by atoms with Gasteiger partial charge in [-0.2, -0.15) is 5.10 Å². The second-order valence-corrected chi connectivity index (χ2v) is 7.68. The molecular formula is C22H28N4O2. The summed E-state index contributed by atoms with van der Waals surface area (Å²) in [6, 6.07) is 8.06. The molecule has 0 aliphatic carbocycles. The molecule has 3 heterocycles. The van der Waals surface area contributed by atoms with E-state index in [4.69, 9.17) is 14.8 Å². The summed E-state index contributed by atoms with van der Waals surface area (Å²) < 4.78 is 7.37. The zero-order valence-corrected chi connectivity index (χ0v) is 16.9. The zero-order chi connectivity index (χ0) is 19.7. The van der Waals surface area contributed by atoms with Gasteiger partial charge < -0.3 is 9.64 Å². The molecule has 0 saturated carbocycles. The average molecular weight is 380 g/mol. The standard InChI is InChI=1S/C22H28N4O2/c1-4-25(13-17-11-12-28-14-17)21(27)10-9-18-15(2)23-22-19-7-5-6-8-20(19)24-26(22)16(18)3/h5-8,17H,4,9-14H2,1-3H3. The number of benzene rings is 1. The molecule has 1 amide bonds. The minimum atomic E-state index is 0.207. The molecule has 1 unspecified atom stereocenters. The summed E-state index contributed by atoms with van der Waals surface area (Å²) in [4.78, 5) is 19.6. The van der Waals surface area contributed by atoms with Gasteiger partial charge >= 0.3 is 0 Å². The Morgan fingerprint density at radius 2 is 2.14 bits per heavy atom. The first kappa shape index (κ1) is 18.9. The van der Waals surface area contributed by atoms with E-state index in [-0.39, 0.29) is 5.91 Å². The number of nitrogens with zero attached hydrogens (tertiary/aromatic N) is 4. The Labute approximate surface area is 165 Å². The number of aromatic nitrogens is 3. The Morgan fingerprint density at radius 3 is 2.89 bits per heavy atom. The molecule has 4 rings (SSSR count). The summed E-state index contributed by atoms with van der Waals surface area (Å²) in [6.45, 7) is 9.29. The molecule has 1 aromatic carbocycles. The van der Waals surface area contributed by atoms with Crippen molar-refractivity contribution in [3.8, 4) is 0 Å². The van der Waals surface area contributed by atoms with Crippen molar-refractivity contribution in [1.29, 1.82) is 0 Å². The van der Waals surface area contributed by atoms with Crippen LogP contribution in [0, 0.1) is 19.8 Å². The van der Waals surface area contributed by atoms with Crippen LogP contribution in [0.2, 0.25) is 0 Å². The maximum absolute atomic E-state index is 12.8. The van der Waals surface area contributed by atoms with E-state index in [1.165, 1.54) is 0 Å². The van der Waals surface area contributed by atoms with Crippen LogP contribution in [0.15, 0.2) is 24.3 Å². The molecule has 0 spiro atoms. The highest BCUT2D eigenvalue weighted by Crippen LogP contribution is 2.23. The predicted molar refractivity (Wildman–Crippen MR) is 109 cm³/mol. The molecule has 0 bridgehead atoms. The maximum Gasteiger partial charge on any atom is 0.222 e. The molecule has 148 valence electrons. The molecule has 1 atom stereocenters. The molecule has 3 aromatic rings. The van der Waals surface area contributed by atoms with E-state index in [0.717, 1.165) is 66.2 Å². The Balaban J connectivity index is 1.54. The van der Waals surface area contributed by atoms with E-state index >= 15 is 0 Å².